The van der Waals surface area contributed by atoms with Gasteiger partial charge in [0.1, 0.15) is 11.6 Å². The zero-order valence-corrected chi connectivity index (χ0v) is 16.8. The summed E-state index contributed by atoms with van der Waals surface area (Å²) in [5.41, 5.74) is 0.145. The number of β-amino-alcohol motifs (C(OH)–C–C–N with tert-alkyl or cyclic N) is 1. The molecule has 2 heterocycles. The molecule has 0 radical (unpaired) electrons. The van der Waals surface area contributed by atoms with Crippen molar-refractivity contribution in [1.82, 2.24) is 20.4 Å². The first-order valence-electron chi connectivity index (χ1n) is 9.52. The minimum Gasteiger partial charge on any atom is -0.389 e. The zero-order chi connectivity index (χ0) is 21.6. The first kappa shape index (κ1) is 22.5. The van der Waals surface area contributed by atoms with Crippen molar-refractivity contribution in [1.29, 1.82) is 0 Å². The highest BCUT2D eigenvalue weighted by Gasteiger charge is 2.28. The van der Waals surface area contributed by atoms with Crippen molar-refractivity contribution in [3.05, 3.63) is 41.1 Å². The van der Waals surface area contributed by atoms with Gasteiger partial charge in [0.25, 0.3) is 5.91 Å². The Labute approximate surface area is 168 Å². The maximum absolute atomic E-state index is 14.1. The first-order valence-corrected chi connectivity index (χ1v) is 9.52. The molecule has 1 aliphatic heterocycles. The summed E-state index contributed by atoms with van der Waals surface area (Å²) in [6.45, 7) is 6.35. The first-order chi connectivity index (χ1) is 13.8. The number of nitrogens with zero attached hydrogens (tertiary/aromatic N) is 2. The second-order valence-electron chi connectivity index (χ2n) is 6.85. The third-order valence-electron chi connectivity index (χ3n) is 4.32. The number of carbonyl (C=O) groups excluding carboxylic acids is 2. The number of benzene rings is 1. The molecule has 3 rings (SSSR count). The van der Waals surface area contributed by atoms with Gasteiger partial charge in [0.05, 0.1) is 23.6 Å². The van der Waals surface area contributed by atoms with E-state index < -0.39 is 23.6 Å². The highest BCUT2D eigenvalue weighted by atomic mass is 19.1. The molecule has 29 heavy (non-hydrogen) atoms. The number of aliphatic hydroxyl groups excluding tert-OH is 1. The molecule has 0 aliphatic carbocycles. The summed E-state index contributed by atoms with van der Waals surface area (Å²) in [5, 5.41) is 18.0. The van der Waals surface area contributed by atoms with Gasteiger partial charge >= 0.3 is 0 Å². The van der Waals surface area contributed by atoms with E-state index in [0.29, 0.717) is 13.1 Å². The van der Waals surface area contributed by atoms with Gasteiger partial charge in [0.2, 0.25) is 5.91 Å². The fraction of sp³-hybridized carbons (Fsp3) is 0.450. The summed E-state index contributed by atoms with van der Waals surface area (Å²) in [6.07, 6.45) is 2.08. The van der Waals surface area contributed by atoms with Gasteiger partial charge in [-0.15, -0.1) is 0 Å². The zero-order valence-electron chi connectivity index (χ0n) is 16.8. The number of amides is 2. The van der Waals surface area contributed by atoms with E-state index in [9.17, 15) is 23.5 Å². The molecular formula is C20H26F2N4O3. The quantitative estimate of drug-likeness (QED) is 0.708. The topological polar surface area (TPSA) is 98.3 Å². The standard InChI is InChI=1S/C17H18F2N4O3.C3H8/c1-9-12(18)2-3-13(19)15(9)16-11(6-21-22-16)17(26)20-5-4-14(25)23-7-10(24)8-23;1-3-2/h2-3,6,10,24H,4-5,7-8H2,1H3,(H,20,26)(H,21,22);3H2,1-2H3. The number of aliphatic hydroxyl groups is 1. The number of H-pyrrole nitrogens is 1. The van der Waals surface area contributed by atoms with Gasteiger partial charge in [0, 0.05) is 31.6 Å². The Bertz CT molecular complexity index is 863. The van der Waals surface area contributed by atoms with Gasteiger partial charge in [0.15, 0.2) is 0 Å². The number of hydrogen-bond acceptors (Lipinski definition) is 4. The van der Waals surface area contributed by atoms with E-state index >= 15 is 0 Å². The maximum atomic E-state index is 14.1. The number of likely N-dealkylation sites (tertiary alicyclic amines) is 1. The third-order valence-corrected chi connectivity index (χ3v) is 4.32. The molecule has 9 heteroatoms. The molecule has 1 saturated heterocycles. The van der Waals surface area contributed by atoms with Gasteiger partial charge in [-0.25, -0.2) is 8.78 Å². The van der Waals surface area contributed by atoms with E-state index in [0.717, 1.165) is 12.1 Å². The Kier molecular flexibility index (Phi) is 7.83. The normalized spacial score (nSPS) is 13.4. The molecule has 0 bridgehead atoms. The van der Waals surface area contributed by atoms with Crippen LogP contribution < -0.4 is 5.32 Å². The van der Waals surface area contributed by atoms with E-state index in [-0.39, 0.29) is 41.3 Å². The van der Waals surface area contributed by atoms with E-state index in [1.54, 1.807) is 0 Å². The molecule has 0 spiro atoms. The molecule has 1 aromatic heterocycles. The Morgan fingerprint density at radius 1 is 1.28 bits per heavy atom. The highest BCUT2D eigenvalue weighted by Crippen LogP contribution is 2.29. The molecule has 2 amide bonds. The van der Waals surface area contributed by atoms with Crippen LogP contribution in [0.4, 0.5) is 8.78 Å². The van der Waals surface area contributed by atoms with Crippen molar-refractivity contribution in [3.63, 3.8) is 0 Å². The monoisotopic (exact) mass is 408 g/mol. The van der Waals surface area contributed by atoms with Crippen LogP contribution in [0.15, 0.2) is 18.3 Å². The molecule has 7 nitrogen and oxygen atoms in total. The van der Waals surface area contributed by atoms with Crippen molar-refractivity contribution < 1.29 is 23.5 Å². The van der Waals surface area contributed by atoms with Crippen molar-refractivity contribution in [2.75, 3.05) is 19.6 Å². The van der Waals surface area contributed by atoms with Crippen molar-refractivity contribution >= 4 is 11.8 Å². The SMILES string of the molecule is CCC.Cc1c(F)ccc(F)c1-c1[nH]ncc1C(=O)NCCC(=O)N1CC(O)C1. The Morgan fingerprint density at radius 3 is 2.52 bits per heavy atom. The van der Waals surface area contributed by atoms with Crippen LogP contribution in [0.2, 0.25) is 0 Å². The van der Waals surface area contributed by atoms with Crippen LogP contribution in [-0.4, -0.2) is 57.8 Å². The average Bonchev–Trinajstić information content (AvgIpc) is 3.12. The number of aromatic amines is 1. The van der Waals surface area contributed by atoms with Crippen molar-refractivity contribution in [3.8, 4) is 11.3 Å². The number of carbonyl (C=O) groups is 2. The Morgan fingerprint density at radius 2 is 1.90 bits per heavy atom. The van der Waals surface area contributed by atoms with Crippen LogP contribution >= 0.6 is 0 Å². The number of aromatic nitrogens is 2. The molecule has 1 aromatic carbocycles. The van der Waals surface area contributed by atoms with E-state index in [2.05, 4.69) is 29.4 Å². The van der Waals surface area contributed by atoms with Gasteiger partial charge < -0.3 is 15.3 Å². The second-order valence-corrected chi connectivity index (χ2v) is 6.85. The molecule has 158 valence electrons. The predicted octanol–water partition coefficient (Wildman–Crippen LogP) is 2.40. The maximum Gasteiger partial charge on any atom is 0.255 e. The lowest BCUT2D eigenvalue weighted by Gasteiger charge is -2.35. The lowest BCUT2D eigenvalue weighted by molar-refractivity contribution is -0.141. The molecule has 1 fully saturated rings. The number of rotatable bonds is 5. The van der Waals surface area contributed by atoms with E-state index in [4.69, 9.17) is 0 Å². The van der Waals surface area contributed by atoms with Gasteiger partial charge in [-0.1, -0.05) is 20.3 Å². The summed E-state index contributed by atoms with van der Waals surface area (Å²) in [5.74, 6) is -1.98. The summed E-state index contributed by atoms with van der Waals surface area (Å²) < 4.78 is 27.9. The fourth-order valence-corrected chi connectivity index (χ4v) is 2.80. The summed E-state index contributed by atoms with van der Waals surface area (Å²) in [4.78, 5) is 25.6. The van der Waals surface area contributed by atoms with Crippen LogP contribution in [-0.2, 0) is 4.79 Å². The minimum absolute atomic E-state index is 0.0571. The minimum atomic E-state index is -0.672. The van der Waals surface area contributed by atoms with Crippen LogP contribution in [0.5, 0.6) is 0 Å². The summed E-state index contributed by atoms with van der Waals surface area (Å²) in [7, 11) is 0. The van der Waals surface area contributed by atoms with E-state index in [1.807, 2.05) is 0 Å². The lowest BCUT2D eigenvalue weighted by atomic mass is 10.0. The van der Waals surface area contributed by atoms with Crippen LogP contribution in [0.1, 0.15) is 42.6 Å². The summed E-state index contributed by atoms with van der Waals surface area (Å²) >= 11 is 0. The number of nitrogens with one attached hydrogen (secondary N) is 2. The lowest BCUT2D eigenvalue weighted by Crippen LogP contribution is -2.53. The fourth-order valence-electron chi connectivity index (χ4n) is 2.80. The van der Waals surface area contributed by atoms with Gasteiger partial charge in [-0.3, -0.25) is 14.7 Å². The van der Waals surface area contributed by atoms with Crippen molar-refractivity contribution in [2.45, 2.75) is 39.7 Å². The number of halogens is 2. The molecule has 0 unspecified atom stereocenters. The molecule has 1 aliphatic rings. The molecule has 0 atom stereocenters. The molecular weight excluding hydrogens is 382 g/mol. The van der Waals surface area contributed by atoms with Gasteiger partial charge in [-0.2, -0.15) is 5.10 Å². The Hall–Kier alpha value is -2.81. The van der Waals surface area contributed by atoms with Crippen LogP contribution in [0.25, 0.3) is 11.3 Å². The van der Waals surface area contributed by atoms with Crippen LogP contribution in [0, 0.1) is 18.6 Å². The molecule has 0 saturated carbocycles. The highest BCUT2D eigenvalue weighted by molar-refractivity contribution is 6.00. The largest absolute Gasteiger partial charge is 0.389 e. The molecule has 2 aromatic rings. The Balaban J connectivity index is 0.000000941. The average molecular weight is 408 g/mol. The van der Waals surface area contributed by atoms with Crippen LogP contribution in [0.3, 0.4) is 0 Å². The predicted molar refractivity (Wildman–Crippen MR) is 104 cm³/mol. The third kappa shape index (κ3) is 5.38. The summed E-state index contributed by atoms with van der Waals surface area (Å²) in [6, 6.07) is 2.00. The second kappa shape index (κ2) is 10.1. The van der Waals surface area contributed by atoms with Crippen molar-refractivity contribution in [2.24, 2.45) is 0 Å². The van der Waals surface area contributed by atoms with E-state index in [1.165, 1.54) is 24.4 Å². The number of hydrogen-bond donors (Lipinski definition) is 3. The van der Waals surface area contributed by atoms with Gasteiger partial charge in [-0.05, 0) is 24.6 Å². The smallest absolute Gasteiger partial charge is 0.255 e. The molecule has 3 N–H and O–H groups in total.